The van der Waals surface area contributed by atoms with Crippen molar-refractivity contribution in [3.8, 4) is 5.75 Å². The molecule has 0 aliphatic heterocycles. The van der Waals surface area contributed by atoms with Gasteiger partial charge in [-0.25, -0.2) is 13.1 Å². The lowest BCUT2D eigenvalue weighted by atomic mass is 10.3. The fraction of sp³-hybridized carbons (Fsp3) is 0.500. The molecule has 8 heteroatoms. The second-order valence-corrected chi connectivity index (χ2v) is 6.53. The van der Waals surface area contributed by atoms with Gasteiger partial charge in [-0.1, -0.05) is 0 Å². The molecule has 0 atom stereocenters. The van der Waals surface area contributed by atoms with Crippen molar-refractivity contribution < 1.29 is 17.9 Å². The molecule has 0 fully saturated rings. The van der Waals surface area contributed by atoms with Crippen molar-refractivity contribution in [2.75, 3.05) is 40.5 Å². The fourth-order valence-corrected chi connectivity index (χ4v) is 3.48. The highest BCUT2D eigenvalue weighted by Crippen LogP contribution is 2.26. The van der Waals surface area contributed by atoms with Gasteiger partial charge in [-0.05, 0) is 28.1 Å². The number of sulfonamides is 1. The smallest absolute Gasteiger partial charge is 0.241 e. The maximum atomic E-state index is 12.2. The van der Waals surface area contributed by atoms with Gasteiger partial charge in [0.1, 0.15) is 5.75 Å². The molecule has 0 saturated heterocycles. The summed E-state index contributed by atoms with van der Waals surface area (Å²) in [6.45, 7) is 2.11. The van der Waals surface area contributed by atoms with Crippen LogP contribution in [0.1, 0.15) is 0 Å². The van der Waals surface area contributed by atoms with E-state index < -0.39 is 10.0 Å². The highest BCUT2D eigenvalue weighted by atomic mass is 79.9. The van der Waals surface area contributed by atoms with Crippen molar-refractivity contribution >= 4 is 26.0 Å². The second-order valence-electron chi connectivity index (χ2n) is 3.94. The Morgan fingerprint density at radius 1 is 1.20 bits per heavy atom. The van der Waals surface area contributed by atoms with Crippen LogP contribution in [0.5, 0.6) is 5.75 Å². The second kappa shape index (κ2) is 8.58. The van der Waals surface area contributed by atoms with Crippen LogP contribution in [0.3, 0.4) is 0 Å². The van der Waals surface area contributed by atoms with Gasteiger partial charge in [-0.3, -0.25) is 0 Å². The zero-order valence-corrected chi connectivity index (χ0v) is 13.9. The molecule has 0 heterocycles. The molecular weight excluding hydrogens is 348 g/mol. The van der Waals surface area contributed by atoms with E-state index in [0.717, 1.165) is 0 Å². The number of hydrogen-bond donors (Lipinski definition) is 2. The molecule has 0 radical (unpaired) electrons. The third-order valence-corrected chi connectivity index (χ3v) is 4.96. The molecule has 0 unspecified atom stereocenters. The van der Waals surface area contributed by atoms with E-state index in [2.05, 4.69) is 26.0 Å². The van der Waals surface area contributed by atoms with Gasteiger partial charge < -0.3 is 14.8 Å². The van der Waals surface area contributed by atoms with Crippen molar-refractivity contribution in [1.29, 1.82) is 0 Å². The highest BCUT2D eigenvalue weighted by Gasteiger charge is 2.17. The standard InChI is InChI=1S/C12H19BrN2O4S/c1-18-8-7-14-5-6-15-20(16,17)12-9-10(19-2)3-4-11(12)13/h3-4,9,14-15H,5-8H2,1-2H3. The van der Waals surface area contributed by atoms with Crippen LogP contribution in [0.4, 0.5) is 0 Å². The van der Waals surface area contributed by atoms with Crippen LogP contribution < -0.4 is 14.8 Å². The normalized spacial score (nSPS) is 11.6. The first-order valence-electron chi connectivity index (χ1n) is 6.04. The van der Waals surface area contributed by atoms with Crippen molar-refractivity contribution in [2.24, 2.45) is 0 Å². The lowest BCUT2D eigenvalue weighted by Gasteiger charge is -2.10. The Balaban J connectivity index is 2.60. The Bertz CT molecular complexity index is 522. The minimum atomic E-state index is -3.56. The predicted octanol–water partition coefficient (Wildman–Crippen LogP) is 0.972. The summed E-state index contributed by atoms with van der Waals surface area (Å²) in [7, 11) is -0.456. The van der Waals surface area contributed by atoms with Gasteiger partial charge in [0, 0.05) is 37.3 Å². The van der Waals surface area contributed by atoms with E-state index >= 15 is 0 Å². The van der Waals surface area contributed by atoms with Crippen LogP contribution in [0.2, 0.25) is 0 Å². The molecule has 6 nitrogen and oxygen atoms in total. The Kier molecular flexibility index (Phi) is 7.46. The number of benzene rings is 1. The summed E-state index contributed by atoms with van der Waals surface area (Å²) in [5.41, 5.74) is 0. The van der Waals surface area contributed by atoms with Crippen LogP contribution in [-0.2, 0) is 14.8 Å². The van der Waals surface area contributed by atoms with E-state index in [-0.39, 0.29) is 4.90 Å². The third-order valence-electron chi connectivity index (χ3n) is 2.50. The molecule has 0 amide bonds. The predicted molar refractivity (Wildman–Crippen MR) is 80.6 cm³/mol. The summed E-state index contributed by atoms with van der Waals surface area (Å²) < 4.78 is 37.3. The van der Waals surface area contributed by atoms with E-state index in [9.17, 15) is 8.42 Å². The van der Waals surface area contributed by atoms with Gasteiger partial charge in [0.05, 0.1) is 18.6 Å². The van der Waals surface area contributed by atoms with Crippen molar-refractivity contribution in [1.82, 2.24) is 10.0 Å². The van der Waals surface area contributed by atoms with Gasteiger partial charge in [0.15, 0.2) is 0 Å². The first-order chi connectivity index (χ1) is 9.51. The van der Waals surface area contributed by atoms with Crippen LogP contribution in [0.25, 0.3) is 0 Å². The largest absolute Gasteiger partial charge is 0.497 e. The van der Waals surface area contributed by atoms with E-state index in [4.69, 9.17) is 9.47 Å². The van der Waals surface area contributed by atoms with Gasteiger partial charge in [-0.15, -0.1) is 0 Å². The molecule has 0 aliphatic carbocycles. The number of hydrogen-bond acceptors (Lipinski definition) is 5. The summed E-state index contributed by atoms with van der Waals surface area (Å²) in [6.07, 6.45) is 0. The summed E-state index contributed by atoms with van der Waals surface area (Å²) >= 11 is 3.23. The van der Waals surface area contributed by atoms with E-state index in [0.29, 0.717) is 36.5 Å². The summed E-state index contributed by atoms with van der Waals surface area (Å²) in [6, 6.07) is 4.81. The fourth-order valence-electron chi connectivity index (χ4n) is 1.47. The number of rotatable bonds is 9. The Hall–Kier alpha value is -0.670. The SMILES string of the molecule is COCCNCCNS(=O)(=O)c1cc(OC)ccc1Br. The first-order valence-corrected chi connectivity index (χ1v) is 8.31. The van der Waals surface area contributed by atoms with Crippen LogP contribution in [-0.4, -0.2) is 48.9 Å². The maximum absolute atomic E-state index is 12.2. The molecular formula is C12H19BrN2O4S. The third kappa shape index (κ3) is 5.37. The minimum absolute atomic E-state index is 0.161. The van der Waals surface area contributed by atoms with Crippen molar-refractivity contribution in [3.63, 3.8) is 0 Å². The molecule has 1 aromatic carbocycles. The molecule has 114 valence electrons. The van der Waals surface area contributed by atoms with Gasteiger partial charge in [0.2, 0.25) is 10.0 Å². The number of nitrogens with one attached hydrogen (secondary N) is 2. The molecule has 0 aliphatic rings. The van der Waals surface area contributed by atoms with Gasteiger partial charge >= 0.3 is 0 Å². The molecule has 2 N–H and O–H groups in total. The van der Waals surface area contributed by atoms with E-state index in [1.165, 1.54) is 13.2 Å². The quantitative estimate of drug-likeness (QED) is 0.637. The monoisotopic (exact) mass is 366 g/mol. The number of methoxy groups -OCH3 is 2. The van der Waals surface area contributed by atoms with Crippen LogP contribution >= 0.6 is 15.9 Å². The molecule has 0 aromatic heterocycles. The zero-order valence-electron chi connectivity index (χ0n) is 11.5. The molecule has 0 bridgehead atoms. The van der Waals surface area contributed by atoms with Gasteiger partial charge in [0.25, 0.3) is 0 Å². The van der Waals surface area contributed by atoms with E-state index in [1.54, 1.807) is 19.2 Å². The van der Waals surface area contributed by atoms with Crippen LogP contribution in [0.15, 0.2) is 27.6 Å². The summed E-state index contributed by atoms with van der Waals surface area (Å²) in [5.74, 6) is 0.492. The van der Waals surface area contributed by atoms with Crippen molar-refractivity contribution in [3.05, 3.63) is 22.7 Å². The Morgan fingerprint density at radius 3 is 2.60 bits per heavy atom. The Morgan fingerprint density at radius 2 is 1.95 bits per heavy atom. The Labute approximate surface area is 128 Å². The molecule has 0 saturated carbocycles. The molecule has 20 heavy (non-hydrogen) atoms. The molecule has 1 aromatic rings. The lowest BCUT2D eigenvalue weighted by molar-refractivity contribution is 0.199. The zero-order chi connectivity index (χ0) is 15.0. The van der Waals surface area contributed by atoms with Crippen LogP contribution in [0, 0.1) is 0 Å². The molecule has 1 rings (SSSR count). The molecule has 0 spiro atoms. The average molecular weight is 367 g/mol. The summed E-state index contributed by atoms with van der Waals surface area (Å²) in [4.78, 5) is 0.161. The number of halogens is 1. The minimum Gasteiger partial charge on any atom is -0.497 e. The highest BCUT2D eigenvalue weighted by molar-refractivity contribution is 9.10. The number of ether oxygens (including phenoxy) is 2. The van der Waals surface area contributed by atoms with Gasteiger partial charge in [-0.2, -0.15) is 0 Å². The van der Waals surface area contributed by atoms with Crippen molar-refractivity contribution in [2.45, 2.75) is 4.90 Å². The average Bonchev–Trinajstić information content (AvgIpc) is 2.43. The summed E-state index contributed by atoms with van der Waals surface area (Å²) in [5, 5.41) is 3.06. The first kappa shape index (κ1) is 17.4. The topological polar surface area (TPSA) is 76.7 Å². The lowest BCUT2D eigenvalue weighted by Crippen LogP contribution is -2.33. The maximum Gasteiger partial charge on any atom is 0.241 e. The van der Waals surface area contributed by atoms with E-state index in [1.807, 2.05) is 0 Å².